The normalized spacial score (nSPS) is 13.8. The molecule has 3 heterocycles. The van der Waals surface area contributed by atoms with Crippen molar-refractivity contribution in [1.29, 1.82) is 0 Å². The summed E-state index contributed by atoms with van der Waals surface area (Å²) in [6.45, 7) is 0. The molecule has 0 radical (unpaired) electrons. The summed E-state index contributed by atoms with van der Waals surface area (Å²) < 4.78 is 20.8. The molecule has 0 aliphatic heterocycles. The summed E-state index contributed by atoms with van der Waals surface area (Å²) in [7, 11) is 0. The van der Waals surface area contributed by atoms with E-state index in [9.17, 15) is 4.39 Å². The zero-order chi connectivity index (χ0) is 18.9. The average molecular weight is 393 g/mol. The van der Waals surface area contributed by atoms with E-state index in [-0.39, 0.29) is 5.82 Å². The fourth-order valence-corrected chi connectivity index (χ4v) is 3.85. The van der Waals surface area contributed by atoms with Crippen LogP contribution in [0, 0.1) is 5.82 Å². The number of hydrogen-bond donors (Lipinski definition) is 0. The number of rotatable bonds is 6. The van der Waals surface area contributed by atoms with Gasteiger partial charge in [0.2, 0.25) is 5.89 Å². The Morgan fingerprint density at radius 3 is 2.57 bits per heavy atom. The van der Waals surface area contributed by atoms with E-state index in [1.807, 2.05) is 12.1 Å². The Morgan fingerprint density at radius 2 is 1.82 bits per heavy atom. The first kappa shape index (κ1) is 17.1. The van der Waals surface area contributed by atoms with Gasteiger partial charge in [0.25, 0.3) is 0 Å². The first-order valence-corrected chi connectivity index (χ1v) is 9.95. The fourth-order valence-electron chi connectivity index (χ4n) is 2.97. The quantitative estimate of drug-likeness (QED) is 0.440. The van der Waals surface area contributed by atoms with Crippen molar-refractivity contribution in [3.63, 3.8) is 0 Å². The Kier molecular flexibility index (Phi) is 4.40. The van der Waals surface area contributed by atoms with E-state index in [0.717, 1.165) is 40.6 Å². The lowest BCUT2D eigenvalue weighted by Gasteiger charge is -2.08. The molecule has 0 N–H and O–H groups in total. The molecule has 0 atom stereocenters. The van der Waals surface area contributed by atoms with Crippen LogP contribution in [-0.2, 0) is 5.75 Å². The molecule has 28 heavy (non-hydrogen) atoms. The number of benzene rings is 1. The second-order valence-corrected chi connectivity index (χ2v) is 7.53. The summed E-state index contributed by atoms with van der Waals surface area (Å²) in [5, 5.41) is 9.68. The van der Waals surface area contributed by atoms with Crippen LogP contribution in [-0.4, -0.2) is 24.7 Å². The monoisotopic (exact) mass is 393 g/mol. The van der Waals surface area contributed by atoms with Gasteiger partial charge in [-0.1, -0.05) is 11.8 Å². The highest BCUT2D eigenvalue weighted by Gasteiger charge is 2.30. The number of hydrogen-bond acceptors (Lipinski definition) is 6. The van der Waals surface area contributed by atoms with E-state index in [1.165, 1.54) is 12.1 Å². The number of aromatic nitrogens is 5. The third-order valence-electron chi connectivity index (χ3n) is 4.51. The lowest BCUT2D eigenvalue weighted by molar-refractivity contribution is 0.572. The Labute approximate surface area is 164 Å². The lowest BCUT2D eigenvalue weighted by atomic mass is 10.2. The molecule has 5 rings (SSSR count). The van der Waals surface area contributed by atoms with Crippen molar-refractivity contribution < 1.29 is 8.81 Å². The summed E-state index contributed by atoms with van der Waals surface area (Å²) in [5.74, 6) is 1.69. The molecule has 1 saturated carbocycles. The van der Waals surface area contributed by atoms with Gasteiger partial charge in [-0.15, -0.1) is 10.2 Å². The van der Waals surface area contributed by atoms with E-state index < -0.39 is 0 Å². The van der Waals surface area contributed by atoms with Gasteiger partial charge in [0, 0.05) is 35.3 Å². The predicted molar refractivity (Wildman–Crippen MR) is 103 cm³/mol. The highest BCUT2D eigenvalue weighted by molar-refractivity contribution is 7.98. The SMILES string of the molecule is Fc1ccc(-c2nc(CSc3nnc(-c4ccncc4)n3C3CC3)co2)cc1. The molecule has 140 valence electrons. The van der Waals surface area contributed by atoms with Crippen molar-refractivity contribution in [3.05, 3.63) is 66.6 Å². The van der Waals surface area contributed by atoms with Crippen LogP contribution in [0.25, 0.3) is 22.8 Å². The molecule has 0 saturated heterocycles. The zero-order valence-corrected chi connectivity index (χ0v) is 15.6. The summed E-state index contributed by atoms with van der Waals surface area (Å²) in [6, 6.07) is 10.5. The van der Waals surface area contributed by atoms with Crippen molar-refractivity contribution in [3.8, 4) is 22.8 Å². The molecule has 1 fully saturated rings. The maximum Gasteiger partial charge on any atom is 0.226 e. The van der Waals surface area contributed by atoms with Crippen LogP contribution in [0.5, 0.6) is 0 Å². The third kappa shape index (κ3) is 3.43. The van der Waals surface area contributed by atoms with Crippen LogP contribution in [0.15, 0.2) is 64.6 Å². The lowest BCUT2D eigenvalue weighted by Crippen LogP contribution is -2.00. The summed E-state index contributed by atoms with van der Waals surface area (Å²) in [5.41, 5.74) is 2.57. The molecular formula is C20H16FN5OS. The van der Waals surface area contributed by atoms with Crippen molar-refractivity contribution in [2.45, 2.75) is 29.8 Å². The minimum absolute atomic E-state index is 0.282. The van der Waals surface area contributed by atoms with Gasteiger partial charge >= 0.3 is 0 Å². The van der Waals surface area contributed by atoms with E-state index in [1.54, 1.807) is 42.6 Å². The smallest absolute Gasteiger partial charge is 0.226 e. The second kappa shape index (κ2) is 7.20. The highest BCUT2D eigenvalue weighted by Crippen LogP contribution is 2.41. The number of oxazole rings is 1. The summed E-state index contributed by atoms with van der Waals surface area (Å²) in [6.07, 6.45) is 7.44. The van der Waals surface area contributed by atoms with Gasteiger partial charge in [-0.05, 0) is 49.2 Å². The molecule has 6 nitrogen and oxygen atoms in total. The first-order valence-electron chi connectivity index (χ1n) is 8.96. The van der Waals surface area contributed by atoms with Gasteiger partial charge in [-0.2, -0.15) is 0 Å². The van der Waals surface area contributed by atoms with Crippen LogP contribution in [0.3, 0.4) is 0 Å². The standard InChI is InChI=1S/C20H16FN5OS/c21-15-3-1-14(2-4-15)19-23-16(11-27-19)12-28-20-25-24-18(26(20)17-5-6-17)13-7-9-22-10-8-13/h1-4,7-11,17H,5-6,12H2. The van der Waals surface area contributed by atoms with Crippen LogP contribution in [0.2, 0.25) is 0 Å². The number of thioether (sulfide) groups is 1. The van der Waals surface area contributed by atoms with E-state index in [4.69, 9.17) is 4.42 Å². The molecule has 1 aromatic carbocycles. The maximum atomic E-state index is 13.1. The molecule has 8 heteroatoms. The third-order valence-corrected chi connectivity index (χ3v) is 5.48. The zero-order valence-electron chi connectivity index (χ0n) is 14.8. The van der Waals surface area contributed by atoms with Crippen LogP contribution in [0.1, 0.15) is 24.6 Å². The summed E-state index contributed by atoms with van der Waals surface area (Å²) >= 11 is 1.59. The van der Waals surface area contributed by atoms with E-state index in [0.29, 0.717) is 17.7 Å². The molecule has 4 aromatic rings. The molecule has 0 spiro atoms. The van der Waals surface area contributed by atoms with Crippen molar-refractivity contribution in [1.82, 2.24) is 24.7 Å². The number of pyridine rings is 1. The topological polar surface area (TPSA) is 69.6 Å². The minimum atomic E-state index is -0.282. The Morgan fingerprint density at radius 1 is 1.04 bits per heavy atom. The highest BCUT2D eigenvalue weighted by atomic mass is 32.2. The summed E-state index contributed by atoms with van der Waals surface area (Å²) in [4.78, 5) is 8.58. The van der Waals surface area contributed by atoms with Gasteiger partial charge in [0.15, 0.2) is 11.0 Å². The molecule has 3 aromatic heterocycles. The maximum absolute atomic E-state index is 13.1. The Balaban J connectivity index is 1.35. The van der Waals surface area contributed by atoms with Crippen LogP contribution < -0.4 is 0 Å². The number of halogens is 1. The van der Waals surface area contributed by atoms with Gasteiger partial charge < -0.3 is 4.42 Å². The largest absolute Gasteiger partial charge is 0.444 e. The van der Waals surface area contributed by atoms with Gasteiger partial charge in [0.05, 0.1) is 5.69 Å². The van der Waals surface area contributed by atoms with Crippen LogP contribution in [0.4, 0.5) is 4.39 Å². The number of nitrogens with zero attached hydrogens (tertiary/aromatic N) is 5. The van der Waals surface area contributed by atoms with E-state index in [2.05, 4.69) is 24.7 Å². The van der Waals surface area contributed by atoms with Crippen molar-refractivity contribution in [2.24, 2.45) is 0 Å². The average Bonchev–Trinajstić information content (AvgIpc) is 3.30. The molecule has 0 bridgehead atoms. The van der Waals surface area contributed by atoms with Crippen LogP contribution >= 0.6 is 11.8 Å². The van der Waals surface area contributed by atoms with Gasteiger partial charge in [-0.25, -0.2) is 9.37 Å². The Bertz CT molecular complexity index is 1090. The Hall–Kier alpha value is -3.00. The molecule has 0 unspecified atom stereocenters. The van der Waals surface area contributed by atoms with Crippen molar-refractivity contribution in [2.75, 3.05) is 0 Å². The van der Waals surface area contributed by atoms with Gasteiger partial charge in [0.1, 0.15) is 12.1 Å². The molecule has 1 aliphatic carbocycles. The van der Waals surface area contributed by atoms with Gasteiger partial charge in [-0.3, -0.25) is 9.55 Å². The second-order valence-electron chi connectivity index (χ2n) is 6.58. The molecule has 0 amide bonds. The predicted octanol–water partition coefficient (Wildman–Crippen LogP) is 4.76. The molecular weight excluding hydrogens is 377 g/mol. The fraction of sp³-hybridized carbons (Fsp3) is 0.200. The molecule has 1 aliphatic rings. The van der Waals surface area contributed by atoms with E-state index >= 15 is 0 Å². The van der Waals surface area contributed by atoms with Crippen molar-refractivity contribution >= 4 is 11.8 Å². The first-order chi connectivity index (χ1) is 13.8. The minimum Gasteiger partial charge on any atom is -0.444 e.